The van der Waals surface area contributed by atoms with E-state index in [4.69, 9.17) is 11.6 Å². The van der Waals surface area contributed by atoms with Crippen molar-refractivity contribution >= 4 is 11.6 Å². The Morgan fingerprint density at radius 1 is 1.36 bits per heavy atom. The fourth-order valence-electron chi connectivity index (χ4n) is 1.76. The molecule has 0 radical (unpaired) electrons. The van der Waals surface area contributed by atoms with Crippen LogP contribution in [0.25, 0.3) is 0 Å². The van der Waals surface area contributed by atoms with Crippen molar-refractivity contribution in [3.05, 3.63) is 28.3 Å². The van der Waals surface area contributed by atoms with E-state index in [9.17, 15) is 5.11 Å². The molecule has 1 saturated carbocycles. The number of aromatic hydroxyl groups is 1. The molecule has 2 rings (SSSR count). The van der Waals surface area contributed by atoms with Crippen LogP contribution in [0.2, 0.25) is 5.02 Å². The summed E-state index contributed by atoms with van der Waals surface area (Å²) in [5.41, 5.74) is 2.06. The van der Waals surface area contributed by atoms with E-state index in [1.807, 2.05) is 12.1 Å². The second-order valence-corrected chi connectivity index (χ2v) is 4.77. The van der Waals surface area contributed by atoms with Crippen molar-refractivity contribution in [2.75, 3.05) is 0 Å². The molecule has 0 heterocycles. The Bertz CT molecular complexity index is 326. The molecule has 0 unspecified atom stereocenters. The van der Waals surface area contributed by atoms with Crippen molar-refractivity contribution < 1.29 is 5.11 Å². The number of phenols is 1. The summed E-state index contributed by atoms with van der Waals surface area (Å²) >= 11 is 6.16. The molecule has 0 aliphatic heterocycles. The number of benzene rings is 1. The molecule has 1 fully saturated rings. The molecule has 1 aliphatic carbocycles. The van der Waals surface area contributed by atoms with Gasteiger partial charge in [-0.2, -0.15) is 0 Å². The van der Waals surface area contributed by atoms with Gasteiger partial charge in [0.1, 0.15) is 5.75 Å². The van der Waals surface area contributed by atoms with Gasteiger partial charge in [-0.25, -0.2) is 0 Å². The lowest BCUT2D eigenvalue weighted by atomic mass is 9.99. The van der Waals surface area contributed by atoms with Crippen LogP contribution in [-0.4, -0.2) is 5.11 Å². The maximum absolute atomic E-state index is 9.82. The van der Waals surface area contributed by atoms with Gasteiger partial charge in [0, 0.05) is 5.02 Å². The van der Waals surface area contributed by atoms with Crippen LogP contribution >= 0.6 is 11.6 Å². The first-order valence-corrected chi connectivity index (χ1v) is 5.49. The van der Waals surface area contributed by atoms with Crippen LogP contribution in [0.5, 0.6) is 5.75 Å². The Kier molecular flexibility index (Phi) is 2.44. The molecule has 0 atom stereocenters. The van der Waals surface area contributed by atoms with Crippen molar-refractivity contribution in [2.24, 2.45) is 0 Å². The lowest BCUT2D eigenvalue weighted by Gasteiger charge is -2.11. The van der Waals surface area contributed by atoms with E-state index < -0.39 is 0 Å². The minimum absolute atomic E-state index is 0.363. The van der Waals surface area contributed by atoms with Crippen LogP contribution in [0, 0.1) is 0 Å². The minimum Gasteiger partial charge on any atom is -0.508 e. The average Bonchev–Trinajstić information content (AvgIpc) is 2.91. The van der Waals surface area contributed by atoms with Crippen LogP contribution in [0.1, 0.15) is 49.7 Å². The number of halogens is 1. The van der Waals surface area contributed by atoms with Gasteiger partial charge < -0.3 is 5.11 Å². The first kappa shape index (κ1) is 9.85. The van der Waals surface area contributed by atoms with E-state index >= 15 is 0 Å². The molecule has 14 heavy (non-hydrogen) atoms. The van der Waals surface area contributed by atoms with Crippen LogP contribution in [-0.2, 0) is 0 Å². The fraction of sp³-hybridized carbons (Fsp3) is 0.500. The number of hydrogen-bond acceptors (Lipinski definition) is 1. The van der Waals surface area contributed by atoms with Gasteiger partial charge in [0.2, 0.25) is 0 Å². The van der Waals surface area contributed by atoms with Crippen molar-refractivity contribution in [2.45, 2.75) is 38.5 Å². The Labute approximate surface area is 89.7 Å². The molecule has 0 bridgehead atoms. The van der Waals surface area contributed by atoms with Crippen LogP contribution < -0.4 is 0 Å². The van der Waals surface area contributed by atoms with Crippen molar-refractivity contribution in [1.82, 2.24) is 0 Å². The largest absolute Gasteiger partial charge is 0.508 e. The van der Waals surface area contributed by atoms with Gasteiger partial charge in [-0.15, -0.1) is 0 Å². The highest BCUT2D eigenvalue weighted by molar-refractivity contribution is 6.31. The van der Waals surface area contributed by atoms with Gasteiger partial charge in [-0.05, 0) is 47.9 Å². The zero-order valence-electron chi connectivity index (χ0n) is 8.55. The van der Waals surface area contributed by atoms with E-state index in [2.05, 4.69) is 13.8 Å². The standard InChI is InChI=1S/C12H15ClO/c1-7(2)9-6-12(14)10(5-11(9)13)8-3-4-8/h5-8,14H,3-4H2,1-2H3. The van der Waals surface area contributed by atoms with Gasteiger partial charge in [0.15, 0.2) is 0 Å². The third kappa shape index (κ3) is 1.74. The molecular formula is C12H15ClO. The first-order valence-electron chi connectivity index (χ1n) is 5.12. The summed E-state index contributed by atoms with van der Waals surface area (Å²) in [5, 5.41) is 10.6. The zero-order chi connectivity index (χ0) is 10.3. The molecule has 1 N–H and O–H groups in total. The number of hydrogen-bond donors (Lipinski definition) is 1. The Morgan fingerprint density at radius 3 is 2.50 bits per heavy atom. The number of phenolic OH excluding ortho intramolecular Hbond substituents is 1. The van der Waals surface area contributed by atoms with Crippen LogP contribution in [0.4, 0.5) is 0 Å². The monoisotopic (exact) mass is 210 g/mol. The average molecular weight is 211 g/mol. The van der Waals surface area contributed by atoms with E-state index in [-0.39, 0.29) is 0 Å². The molecule has 1 aromatic rings. The van der Waals surface area contributed by atoms with Crippen LogP contribution in [0.15, 0.2) is 12.1 Å². The van der Waals surface area contributed by atoms with E-state index in [1.54, 1.807) is 0 Å². The smallest absolute Gasteiger partial charge is 0.119 e. The van der Waals surface area contributed by atoms with Crippen molar-refractivity contribution in [3.63, 3.8) is 0 Å². The van der Waals surface area contributed by atoms with E-state index in [1.165, 1.54) is 12.8 Å². The molecule has 0 spiro atoms. The normalized spacial score (nSPS) is 16.3. The maximum Gasteiger partial charge on any atom is 0.119 e. The van der Waals surface area contributed by atoms with E-state index in [0.29, 0.717) is 17.6 Å². The van der Waals surface area contributed by atoms with Gasteiger partial charge in [0.05, 0.1) is 0 Å². The maximum atomic E-state index is 9.82. The first-order chi connectivity index (χ1) is 6.59. The molecule has 2 heteroatoms. The van der Waals surface area contributed by atoms with Gasteiger partial charge in [-0.3, -0.25) is 0 Å². The lowest BCUT2D eigenvalue weighted by molar-refractivity contribution is 0.467. The summed E-state index contributed by atoms with van der Waals surface area (Å²) in [7, 11) is 0. The Balaban J connectivity index is 2.43. The Hall–Kier alpha value is -0.690. The van der Waals surface area contributed by atoms with Gasteiger partial charge >= 0.3 is 0 Å². The second kappa shape index (κ2) is 3.47. The summed E-state index contributed by atoms with van der Waals surface area (Å²) < 4.78 is 0. The molecule has 1 nitrogen and oxygen atoms in total. The zero-order valence-corrected chi connectivity index (χ0v) is 9.30. The SMILES string of the molecule is CC(C)c1cc(O)c(C2CC2)cc1Cl. The summed E-state index contributed by atoms with van der Waals surface area (Å²) in [4.78, 5) is 0. The van der Waals surface area contributed by atoms with Gasteiger partial charge in [-0.1, -0.05) is 25.4 Å². The summed E-state index contributed by atoms with van der Waals surface area (Å²) in [6.07, 6.45) is 2.37. The molecule has 0 amide bonds. The van der Waals surface area contributed by atoms with Crippen molar-refractivity contribution in [3.8, 4) is 5.75 Å². The predicted molar refractivity (Wildman–Crippen MR) is 59.2 cm³/mol. The Morgan fingerprint density at radius 2 is 2.00 bits per heavy atom. The molecule has 1 aromatic carbocycles. The highest BCUT2D eigenvalue weighted by atomic mass is 35.5. The topological polar surface area (TPSA) is 20.2 Å². The third-order valence-corrected chi connectivity index (χ3v) is 3.11. The molecule has 1 aliphatic rings. The molecule has 0 aromatic heterocycles. The summed E-state index contributed by atoms with van der Waals surface area (Å²) in [6.45, 7) is 4.16. The van der Waals surface area contributed by atoms with Crippen LogP contribution in [0.3, 0.4) is 0 Å². The molecular weight excluding hydrogens is 196 g/mol. The fourth-order valence-corrected chi connectivity index (χ4v) is 2.15. The highest BCUT2D eigenvalue weighted by Gasteiger charge is 2.27. The number of rotatable bonds is 2. The highest BCUT2D eigenvalue weighted by Crippen LogP contribution is 2.46. The molecule has 76 valence electrons. The molecule has 0 saturated heterocycles. The summed E-state index contributed by atoms with van der Waals surface area (Å²) in [5.74, 6) is 1.33. The minimum atomic E-state index is 0.363. The lowest BCUT2D eigenvalue weighted by Crippen LogP contribution is -1.91. The summed E-state index contributed by atoms with van der Waals surface area (Å²) in [6, 6.07) is 3.75. The van der Waals surface area contributed by atoms with E-state index in [0.717, 1.165) is 16.1 Å². The quantitative estimate of drug-likeness (QED) is 0.781. The second-order valence-electron chi connectivity index (χ2n) is 4.36. The third-order valence-electron chi connectivity index (χ3n) is 2.79. The van der Waals surface area contributed by atoms with Gasteiger partial charge in [0.25, 0.3) is 0 Å². The van der Waals surface area contributed by atoms with Crippen molar-refractivity contribution in [1.29, 1.82) is 0 Å². The predicted octanol–water partition coefficient (Wildman–Crippen LogP) is 4.05.